The molecule has 2 aromatic rings. The predicted molar refractivity (Wildman–Crippen MR) is 77.0 cm³/mol. The number of hydrogen-bond acceptors (Lipinski definition) is 2. The smallest absolute Gasteiger partial charge is 0.312 e. The molecule has 2 heterocycles. The van der Waals surface area contributed by atoms with Crippen LogP contribution in [0, 0.1) is 0 Å². The summed E-state index contributed by atoms with van der Waals surface area (Å²) in [4.78, 5) is 23.8. The van der Waals surface area contributed by atoms with Gasteiger partial charge >= 0.3 is 5.97 Å². The fourth-order valence-electron chi connectivity index (χ4n) is 2.68. The number of fused-ring (bicyclic) bond motifs is 1. The number of aliphatic carboxylic acids is 1. The first kappa shape index (κ1) is 13.1. The molecule has 1 aliphatic heterocycles. The summed E-state index contributed by atoms with van der Waals surface area (Å²) >= 11 is 3.38. The lowest BCUT2D eigenvalue weighted by Gasteiger charge is -2.06. The van der Waals surface area contributed by atoms with Gasteiger partial charge in [-0.15, -0.1) is 0 Å². The third kappa shape index (κ3) is 1.98. The first-order valence-electron chi connectivity index (χ1n) is 6.31. The van der Waals surface area contributed by atoms with Gasteiger partial charge in [-0.25, -0.2) is 0 Å². The minimum Gasteiger partial charge on any atom is -0.481 e. The fraction of sp³-hybridized carbons (Fsp3) is 0.200. The number of carboxylic acids is 1. The summed E-state index contributed by atoms with van der Waals surface area (Å²) in [5.74, 6) is -1.45. The summed E-state index contributed by atoms with van der Waals surface area (Å²) in [6.07, 6.45) is 0.535. The molecular weight excluding hydrogens is 322 g/mol. The second kappa shape index (κ2) is 4.90. The van der Waals surface area contributed by atoms with Crippen molar-refractivity contribution in [3.63, 3.8) is 0 Å². The molecule has 0 spiro atoms. The Labute approximate surface area is 124 Å². The lowest BCUT2D eigenvalue weighted by Crippen LogP contribution is -2.10. The van der Waals surface area contributed by atoms with E-state index in [0.29, 0.717) is 34.4 Å². The Morgan fingerprint density at radius 3 is 2.60 bits per heavy atom. The third-order valence-electron chi connectivity index (χ3n) is 3.63. The van der Waals surface area contributed by atoms with Gasteiger partial charge in [-0.05, 0) is 28.4 Å². The van der Waals surface area contributed by atoms with Crippen molar-refractivity contribution in [3.05, 3.63) is 57.8 Å². The molecule has 1 atom stereocenters. The Morgan fingerprint density at radius 1 is 1.25 bits per heavy atom. The van der Waals surface area contributed by atoms with E-state index in [-0.39, 0.29) is 5.78 Å². The molecule has 20 heavy (non-hydrogen) atoms. The molecule has 0 aliphatic carbocycles. The van der Waals surface area contributed by atoms with E-state index in [9.17, 15) is 14.7 Å². The summed E-state index contributed by atoms with van der Waals surface area (Å²) in [5.41, 5.74) is 1.84. The maximum absolute atomic E-state index is 12.6. The topological polar surface area (TPSA) is 59.3 Å². The molecule has 1 aliphatic rings. The van der Waals surface area contributed by atoms with Crippen LogP contribution in [0.25, 0.3) is 0 Å². The molecule has 1 aromatic carbocycles. The van der Waals surface area contributed by atoms with Crippen molar-refractivity contribution in [1.29, 1.82) is 0 Å². The van der Waals surface area contributed by atoms with Gasteiger partial charge in [0, 0.05) is 22.3 Å². The third-order valence-corrected chi connectivity index (χ3v) is 4.23. The van der Waals surface area contributed by atoms with E-state index in [1.807, 2.05) is 22.8 Å². The van der Waals surface area contributed by atoms with Gasteiger partial charge in [0.25, 0.3) is 0 Å². The van der Waals surface area contributed by atoms with Gasteiger partial charge in [0.05, 0.1) is 5.92 Å². The van der Waals surface area contributed by atoms with Crippen LogP contribution in [0.3, 0.4) is 0 Å². The Morgan fingerprint density at radius 2 is 1.95 bits per heavy atom. The molecule has 0 amide bonds. The molecule has 5 heteroatoms. The molecule has 0 saturated carbocycles. The second-order valence-electron chi connectivity index (χ2n) is 4.79. The van der Waals surface area contributed by atoms with Crippen LogP contribution in [0.5, 0.6) is 0 Å². The zero-order valence-electron chi connectivity index (χ0n) is 10.5. The van der Waals surface area contributed by atoms with Crippen LogP contribution in [-0.4, -0.2) is 21.4 Å². The normalized spacial score (nSPS) is 16.9. The monoisotopic (exact) mass is 333 g/mol. The SMILES string of the molecule is O=C(c1ccccc1)c1c(Br)cc2n1CCC2C(=O)O. The van der Waals surface area contributed by atoms with E-state index in [2.05, 4.69) is 15.9 Å². The molecular formula is C15H12BrNO3. The second-order valence-corrected chi connectivity index (χ2v) is 5.65. The number of hydrogen-bond donors (Lipinski definition) is 1. The Balaban J connectivity index is 2.07. The van der Waals surface area contributed by atoms with Gasteiger partial charge in [0.15, 0.2) is 0 Å². The van der Waals surface area contributed by atoms with Crippen LogP contribution in [-0.2, 0) is 11.3 Å². The van der Waals surface area contributed by atoms with Crippen LogP contribution in [0.2, 0.25) is 0 Å². The van der Waals surface area contributed by atoms with Gasteiger partial charge in [-0.3, -0.25) is 9.59 Å². The van der Waals surface area contributed by atoms with Crippen LogP contribution in [0.1, 0.15) is 34.1 Å². The summed E-state index contributed by atoms with van der Waals surface area (Å²) in [6.45, 7) is 0.561. The zero-order valence-corrected chi connectivity index (χ0v) is 12.1. The van der Waals surface area contributed by atoms with Crippen molar-refractivity contribution in [2.75, 3.05) is 0 Å². The van der Waals surface area contributed by atoms with Gasteiger partial charge < -0.3 is 9.67 Å². The van der Waals surface area contributed by atoms with E-state index in [4.69, 9.17) is 0 Å². The van der Waals surface area contributed by atoms with E-state index >= 15 is 0 Å². The lowest BCUT2D eigenvalue weighted by atomic mass is 10.1. The molecule has 0 saturated heterocycles. The molecule has 1 N–H and O–H groups in total. The van der Waals surface area contributed by atoms with E-state index in [0.717, 1.165) is 0 Å². The summed E-state index contributed by atoms with van der Waals surface area (Å²) in [6, 6.07) is 10.8. The van der Waals surface area contributed by atoms with Gasteiger partial charge in [0.2, 0.25) is 5.78 Å². The summed E-state index contributed by atoms with van der Waals surface area (Å²) in [7, 11) is 0. The average Bonchev–Trinajstić information content (AvgIpc) is 2.96. The molecule has 3 rings (SSSR count). The minimum atomic E-state index is -0.840. The molecule has 4 nitrogen and oxygen atoms in total. The van der Waals surface area contributed by atoms with Crippen molar-refractivity contribution in [3.8, 4) is 0 Å². The average molecular weight is 334 g/mol. The van der Waals surface area contributed by atoms with Gasteiger partial charge in [0.1, 0.15) is 5.69 Å². The van der Waals surface area contributed by atoms with Gasteiger partial charge in [-0.1, -0.05) is 30.3 Å². The van der Waals surface area contributed by atoms with E-state index < -0.39 is 11.9 Å². The number of carbonyl (C=O) groups excluding carboxylic acids is 1. The number of carbonyl (C=O) groups is 2. The first-order chi connectivity index (χ1) is 9.59. The van der Waals surface area contributed by atoms with Crippen LogP contribution >= 0.6 is 15.9 Å². The Bertz CT molecular complexity index is 691. The standard InChI is InChI=1S/C15H12BrNO3/c16-11-8-12-10(15(19)20)6-7-17(12)13(11)14(18)9-4-2-1-3-5-9/h1-5,8,10H,6-7H2,(H,19,20). The number of carboxylic acid groups (broad SMARTS) is 1. The molecule has 1 unspecified atom stereocenters. The van der Waals surface area contributed by atoms with Crippen molar-refractivity contribution in [2.45, 2.75) is 18.9 Å². The molecule has 0 fully saturated rings. The zero-order chi connectivity index (χ0) is 14.3. The van der Waals surface area contributed by atoms with Crippen molar-refractivity contribution in [2.24, 2.45) is 0 Å². The minimum absolute atomic E-state index is 0.0882. The predicted octanol–water partition coefficient (Wildman–Crippen LogP) is 3.05. The highest BCUT2D eigenvalue weighted by molar-refractivity contribution is 9.10. The highest BCUT2D eigenvalue weighted by atomic mass is 79.9. The fourth-order valence-corrected chi connectivity index (χ4v) is 3.31. The summed E-state index contributed by atoms with van der Waals surface area (Å²) in [5, 5.41) is 9.20. The van der Waals surface area contributed by atoms with Gasteiger partial charge in [-0.2, -0.15) is 0 Å². The van der Waals surface area contributed by atoms with Crippen molar-refractivity contribution >= 4 is 27.7 Å². The van der Waals surface area contributed by atoms with E-state index in [1.165, 1.54) is 0 Å². The van der Waals surface area contributed by atoms with Crippen LogP contribution < -0.4 is 0 Å². The van der Waals surface area contributed by atoms with Crippen molar-refractivity contribution in [1.82, 2.24) is 4.57 Å². The molecule has 102 valence electrons. The summed E-state index contributed by atoms with van der Waals surface area (Å²) < 4.78 is 2.48. The molecule has 0 bridgehead atoms. The van der Waals surface area contributed by atoms with Crippen molar-refractivity contribution < 1.29 is 14.7 Å². The lowest BCUT2D eigenvalue weighted by molar-refractivity contribution is -0.138. The number of benzene rings is 1. The number of ketones is 1. The Kier molecular flexibility index (Phi) is 3.22. The molecule has 0 radical (unpaired) electrons. The number of rotatable bonds is 3. The highest BCUT2D eigenvalue weighted by Gasteiger charge is 2.33. The Hall–Kier alpha value is -1.88. The van der Waals surface area contributed by atoms with E-state index in [1.54, 1.807) is 18.2 Å². The molecule has 1 aromatic heterocycles. The number of nitrogens with zero attached hydrogens (tertiary/aromatic N) is 1. The number of halogens is 1. The number of aromatic nitrogens is 1. The maximum Gasteiger partial charge on any atom is 0.312 e. The quantitative estimate of drug-likeness (QED) is 0.878. The van der Waals surface area contributed by atoms with Crippen LogP contribution in [0.4, 0.5) is 0 Å². The first-order valence-corrected chi connectivity index (χ1v) is 7.10. The highest BCUT2D eigenvalue weighted by Crippen LogP contribution is 2.36. The van der Waals surface area contributed by atoms with Crippen LogP contribution in [0.15, 0.2) is 40.9 Å². The largest absolute Gasteiger partial charge is 0.481 e. The maximum atomic E-state index is 12.6.